The van der Waals surface area contributed by atoms with Crippen LogP contribution in [0.5, 0.6) is 0 Å². The van der Waals surface area contributed by atoms with Gasteiger partial charge >= 0.3 is 0 Å². The van der Waals surface area contributed by atoms with Crippen molar-refractivity contribution in [2.45, 2.75) is 88.7 Å². The van der Waals surface area contributed by atoms with Crippen LogP contribution < -0.4 is 0 Å². The van der Waals surface area contributed by atoms with E-state index in [2.05, 4.69) is 13.8 Å². The first-order chi connectivity index (χ1) is 11.2. The molecule has 1 aliphatic rings. The Hall–Kier alpha value is -0.670. The van der Waals surface area contributed by atoms with E-state index in [-0.39, 0.29) is 6.10 Å². The van der Waals surface area contributed by atoms with Gasteiger partial charge in [0.25, 0.3) is 0 Å². The van der Waals surface area contributed by atoms with Gasteiger partial charge in [-0.15, -0.1) is 0 Å². The van der Waals surface area contributed by atoms with Crippen LogP contribution in [0.25, 0.3) is 0 Å². The second kappa shape index (κ2) is 10.2. The molecule has 0 aromatic heterocycles. The molecule has 1 aromatic rings. The number of rotatable bonds is 8. The Morgan fingerprint density at radius 2 is 1.74 bits per heavy atom. The summed E-state index contributed by atoms with van der Waals surface area (Å²) < 4.78 is 18.9. The molecule has 0 spiro atoms. The van der Waals surface area contributed by atoms with Crippen molar-refractivity contribution in [2.24, 2.45) is 0 Å². The van der Waals surface area contributed by atoms with Crippen LogP contribution in [0.1, 0.15) is 70.3 Å². The van der Waals surface area contributed by atoms with E-state index in [0.29, 0.717) is 11.9 Å². The lowest BCUT2D eigenvalue weighted by Crippen LogP contribution is -2.25. The zero-order valence-corrected chi connectivity index (χ0v) is 15.6. The first-order valence-electron chi connectivity index (χ1n) is 9.29. The monoisotopic (exact) mass is 336 g/mol. The zero-order chi connectivity index (χ0) is 16.5. The molecule has 0 aliphatic carbocycles. The third kappa shape index (κ3) is 6.76. The van der Waals surface area contributed by atoms with Crippen LogP contribution >= 0.6 is 0 Å². The molecule has 1 aromatic carbocycles. The molecule has 3 atom stereocenters. The van der Waals surface area contributed by atoms with E-state index < -0.39 is 10.8 Å². The van der Waals surface area contributed by atoms with Gasteiger partial charge in [0.15, 0.2) is 0 Å². The molecular weight excluding hydrogens is 304 g/mol. The summed E-state index contributed by atoms with van der Waals surface area (Å²) >= 11 is 0. The van der Waals surface area contributed by atoms with Crippen molar-refractivity contribution in [1.29, 1.82) is 0 Å². The molecule has 23 heavy (non-hydrogen) atoms. The highest BCUT2D eigenvalue weighted by atomic mass is 32.2. The fraction of sp³-hybridized carbons (Fsp3) is 0.700. The molecule has 2 rings (SSSR count). The first kappa shape index (κ1) is 18.7. The van der Waals surface area contributed by atoms with Crippen LogP contribution in [0.3, 0.4) is 0 Å². The molecule has 3 heteroatoms. The maximum absolute atomic E-state index is 12.6. The van der Waals surface area contributed by atoms with E-state index in [1.54, 1.807) is 0 Å². The number of benzene rings is 1. The summed E-state index contributed by atoms with van der Waals surface area (Å²) in [5.74, 6) is 0.647. The molecule has 1 fully saturated rings. The van der Waals surface area contributed by atoms with Crippen molar-refractivity contribution in [2.75, 3.05) is 5.75 Å². The summed E-state index contributed by atoms with van der Waals surface area (Å²) in [6.07, 6.45) is 11.6. The summed E-state index contributed by atoms with van der Waals surface area (Å²) in [6.45, 7) is 4.31. The minimum absolute atomic E-state index is 0.163. The molecule has 1 heterocycles. The predicted molar refractivity (Wildman–Crippen MR) is 98.3 cm³/mol. The van der Waals surface area contributed by atoms with Crippen LogP contribution in [0, 0.1) is 6.92 Å². The van der Waals surface area contributed by atoms with Gasteiger partial charge in [-0.25, -0.2) is 0 Å². The fourth-order valence-electron chi connectivity index (χ4n) is 3.24. The van der Waals surface area contributed by atoms with Gasteiger partial charge < -0.3 is 4.74 Å². The topological polar surface area (TPSA) is 26.3 Å². The van der Waals surface area contributed by atoms with Crippen LogP contribution in [0.2, 0.25) is 0 Å². The Morgan fingerprint density at radius 3 is 2.43 bits per heavy atom. The Bertz CT molecular complexity index is 469. The van der Waals surface area contributed by atoms with Gasteiger partial charge in [-0.2, -0.15) is 0 Å². The van der Waals surface area contributed by atoms with Crippen LogP contribution in [-0.4, -0.2) is 22.2 Å². The van der Waals surface area contributed by atoms with E-state index in [1.807, 2.05) is 24.3 Å². The smallest absolute Gasteiger partial charge is 0.0697 e. The highest BCUT2D eigenvalue weighted by Crippen LogP contribution is 2.24. The van der Waals surface area contributed by atoms with Gasteiger partial charge in [0.2, 0.25) is 0 Å². The molecular formula is C20H32O2S. The molecule has 0 bridgehead atoms. The molecule has 130 valence electrons. The van der Waals surface area contributed by atoms with Crippen molar-refractivity contribution in [1.82, 2.24) is 0 Å². The van der Waals surface area contributed by atoms with Crippen molar-refractivity contribution in [3.63, 3.8) is 0 Å². The lowest BCUT2D eigenvalue weighted by Gasteiger charge is -2.21. The average Bonchev–Trinajstić information content (AvgIpc) is 2.77. The lowest BCUT2D eigenvalue weighted by atomic mass is 10.0. The van der Waals surface area contributed by atoms with Crippen molar-refractivity contribution in [3.8, 4) is 0 Å². The second-order valence-electron chi connectivity index (χ2n) is 6.84. The second-order valence-corrected chi connectivity index (χ2v) is 8.33. The average molecular weight is 337 g/mol. The largest absolute Gasteiger partial charge is 0.374 e. The number of ether oxygens (including phenoxy) is 1. The lowest BCUT2D eigenvalue weighted by molar-refractivity contribution is -0.00126. The van der Waals surface area contributed by atoms with Gasteiger partial charge in [-0.1, -0.05) is 63.1 Å². The van der Waals surface area contributed by atoms with Crippen LogP contribution in [0.15, 0.2) is 29.2 Å². The van der Waals surface area contributed by atoms with Crippen LogP contribution in [-0.2, 0) is 15.5 Å². The Balaban J connectivity index is 1.83. The minimum atomic E-state index is -0.946. The van der Waals surface area contributed by atoms with Gasteiger partial charge in [0.05, 0.1) is 28.8 Å². The number of aryl methyl sites for hydroxylation is 1. The minimum Gasteiger partial charge on any atom is -0.374 e. The van der Waals surface area contributed by atoms with E-state index >= 15 is 0 Å². The Kier molecular flexibility index (Phi) is 8.32. The van der Waals surface area contributed by atoms with Gasteiger partial charge in [0.1, 0.15) is 0 Å². The quantitative estimate of drug-likeness (QED) is 0.594. The van der Waals surface area contributed by atoms with Gasteiger partial charge in [-0.3, -0.25) is 4.21 Å². The standard InChI is InChI=1S/C20H32O2S/c1-3-4-5-6-9-18-10-7-8-11-19(22-18)16-23(21)20-14-12-17(2)13-15-20/h12-15,18-19H,3-11,16H2,1-2H3/t18-,19-,23?/m1/s1. The fourth-order valence-corrected chi connectivity index (χ4v) is 4.46. The summed E-state index contributed by atoms with van der Waals surface area (Å²) in [5, 5.41) is 0. The Labute approximate surface area is 144 Å². The molecule has 1 saturated heterocycles. The first-order valence-corrected chi connectivity index (χ1v) is 10.6. The number of hydrogen-bond acceptors (Lipinski definition) is 2. The molecule has 0 N–H and O–H groups in total. The zero-order valence-electron chi connectivity index (χ0n) is 14.8. The maximum Gasteiger partial charge on any atom is 0.0697 e. The Morgan fingerprint density at radius 1 is 1.04 bits per heavy atom. The normalized spacial score (nSPS) is 23.4. The van der Waals surface area contributed by atoms with Gasteiger partial charge in [-0.05, 0) is 38.3 Å². The highest BCUT2D eigenvalue weighted by molar-refractivity contribution is 7.85. The molecule has 0 saturated carbocycles. The molecule has 2 nitrogen and oxygen atoms in total. The maximum atomic E-state index is 12.6. The SMILES string of the molecule is CCCCCC[C@@H]1CCCC[C@H](CS(=O)c2ccc(C)cc2)O1. The summed E-state index contributed by atoms with van der Waals surface area (Å²) in [4.78, 5) is 0.933. The highest BCUT2D eigenvalue weighted by Gasteiger charge is 2.22. The summed E-state index contributed by atoms with van der Waals surface area (Å²) in [7, 11) is -0.946. The van der Waals surface area contributed by atoms with Crippen LogP contribution in [0.4, 0.5) is 0 Å². The molecule has 1 aliphatic heterocycles. The molecule has 0 radical (unpaired) electrons. The number of unbranched alkanes of at least 4 members (excludes halogenated alkanes) is 3. The van der Waals surface area contributed by atoms with E-state index in [4.69, 9.17) is 4.74 Å². The van der Waals surface area contributed by atoms with Crippen molar-refractivity contribution >= 4 is 10.8 Å². The molecule has 1 unspecified atom stereocenters. The number of hydrogen-bond donors (Lipinski definition) is 0. The predicted octanol–water partition coefficient (Wildman–Crippen LogP) is 5.40. The van der Waals surface area contributed by atoms with E-state index in [9.17, 15) is 4.21 Å². The van der Waals surface area contributed by atoms with Crippen molar-refractivity contribution in [3.05, 3.63) is 29.8 Å². The van der Waals surface area contributed by atoms with Gasteiger partial charge in [0, 0.05) is 4.90 Å². The van der Waals surface area contributed by atoms with Crippen molar-refractivity contribution < 1.29 is 8.95 Å². The molecule has 0 amide bonds. The van der Waals surface area contributed by atoms with E-state index in [0.717, 1.165) is 11.3 Å². The van der Waals surface area contributed by atoms with E-state index in [1.165, 1.54) is 56.9 Å². The summed E-state index contributed by atoms with van der Waals surface area (Å²) in [6, 6.07) is 8.06. The summed E-state index contributed by atoms with van der Waals surface area (Å²) in [5.41, 5.74) is 1.21. The third-order valence-corrected chi connectivity index (χ3v) is 6.16. The third-order valence-electron chi connectivity index (χ3n) is 4.69.